The molecule has 0 spiro atoms. The summed E-state index contributed by atoms with van der Waals surface area (Å²) in [6, 6.07) is 5.06. The van der Waals surface area contributed by atoms with Crippen LogP contribution in [0.4, 0.5) is 4.39 Å². The molecule has 1 aromatic rings. The second-order valence-corrected chi connectivity index (χ2v) is 7.39. The van der Waals surface area contributed by atoms with Crippen LogP contribution < -0.4 is 5.73 Å². The van der Waals surface area contributed by atoms with Crippen LogP contribution in [0.25, 0.3) is 0 Å². The van der Waals surface area contributed by atoms with Gasteiger partial charge in [0.05, 0.1) is 11.1 Å². The van der Waals surface area contributed by atoms with Crippen molar-refractivity contribution in [3.05, 3.63) is 34.6 Å². The Hall–Kier alpha value is -0.290. The smallest absolute Gasteiger partial charge is 0.146 e. The van der Waals surface area contributed by atoms with E-state index in [1.807, 2.05) is 11.8 Å². The third kappa shape index (κ3) is 3.43. The summed E-state index contributed by atoms with van der Waals surface area (Å²) in [5, 5.41) is 1.25. The molecule has 0 aromatic heterocycles. The molecular formula is C14H20ClFN2S. The summed E-state index contributed by atoms with van der Waals surface area (Å²) in [7, 11) is 0. The fraction of sp³-hybridized carbons (Fsp3) is 0.571. The van der Waals surface area contributed by atoms with Gasteiger partial charge in [-0.25, -0.2) is 4.39 Å². The Balaban J connectivity index is 2.26. The SMILES string of the molecule is CC1CN(C(CN)c2cccc(Cl)c2F)CC(C)S1. The van der Waals surface area contributed by atoms with Crippen LogP contribution in [-0.2, 0) is 0 Å². The molecule has 3 atom stereocenters. The standard InChI is InChI=1S/C14H20ClFN2S/c1-9-7-18(8-10(2)19-9)13(6-17)11-4-3-5-12(15)14(11)16/h3-5,9-10,13H,6-8,17H2,1-2H3. The minimum atomic E-state index is -0.335. The monoisotopic (exact) mass is 302 g/mol. The molecule has 0 bridgehead atoms. The lowest BCUT2D eigenvalue weighted by molar-refractivity contribution is 0.195. The molecule has 1 aromatic carbocycles. The maximum absolute atomic E-state index is 14.2. The number of thioether (sulfide) groups is 1. The van der Waals surface area contributed by atoms with Gasteiger partial charge in [0, 0.05) is 35.7 Å². The third-order valence-electron chi connectivity index (χ3n) is 3.45. The van der Waals surface area contributed by atoms with Crippen LogP contribution in [0.3, 0.4) is 0 Å². The number of rotatable bonds is 3. The van der Waals surface area contributed by atoms with Gasteiger partial charge in [0.1, 0.15) is 5.82 Å². The van der Waals surface area contributed by atoms with Gasteiger partial charge in [-0.1, -0.05) is 37.6 Å². The van der Waals surface area contributed by atoms with E-state index in [0.717, 1.165) is 13.1 Å². The number of hydrogen-bond donors (Lipinski definition) is 1. The van der Waals surface area contributed by atoms with Gasteiger partial charge >= 0.3 is 0 Å². The van der Waals surface area contributed by atoms with Crippen molar-refractivity contribution >= 4 is 23.4 Å². The number of benzene rings is 1. The van der Waals surface area contributed by atoms with Crippen LogP contribution in [0.15, 0.2) is 18.2 Å². The molecule has 2 nitrogen and oxygen atoms in total. The lowest BCUT2D eigenvalue weighted by atomic mass is 10.0. The Morgan fingerprint density at radius 1 is 1.42 bits per heavy atom. The van der Waals surface area contributed by atoms with Crippen molar-refractivity contribution in [2.24, 2.45) is 5.73 Å². The van der Waals surface area contributed by atoms with Crippen molar-refractivity contribution in [1.29, 1.82) is 0 Å². The number of nitrogens with two attached hydrogens (primary N) is 1. The minimum Gasteiger partial charge on any atom is -0.329 e. The molecule has 5 heteroatoms. The first kappa shape index (κ1) is 15.1. The van der Waals surface area contributed by atoms with Gasteiger partial charge in [-0.2, -0.15) is 11.8 Å². The molecule has 106 valence electrons. The molecule has 19 heavy (non-hydrogen) atoms. The van der Waals surface area contributed by atoms with E-state index in [9.17, 15) is 4.39 Å². The van der Waals surface area contributed by atoms with E-state index < -0.39 is 0 Å². The van der Waals surface area contributed by atoms with Gasteiger partial charge in [0.2, 0.25) is 0 Å². The van der Waals surface area contributed by atoms with E-state index in [1.165, 1.54) is 0 Å². The first-order chi connectivity index (χ1) is 9.02. The third-order valence-corrected chi connectivity index (χ3v) is 4.97. The Labute approximate surface area is 123 Å². The second kappa shape index (κ2) is 6.44. The Bertz CT molecular complexity index is 433. The van der Waals surface area contributed by atoms with E-state index in [1.54, 1.807) is 18.2 Å². The van der Waals surface area contributed by atoms with Crippen molar-refractivity contribution in [1.82, 2.24) is 4.90 Å². The predicted octanol–water partition coefficient (Wildman–Crippen LogP) is 3.30. The summed E-state index contributed by atoms with van der Waals surface area (Å²) in [6.07, 6.45) is 0. The van der Waals surface area contributed by atoms with Crippen molar-refractivity contribution in [3.8, 4) is 0 Å². The molecule has 0 radical (unpaired) electrons. The Kier molecular flexibility index (Phi) is 5.12. The van der Waals surface area contributed by atoms with E-state index in [0.29, 0.717) is 22.6 Å². The zero-order valence-corrected chi connectivity index (χ0v) is 12.8. The van der Waals surface area contributed by atoms with E-state index in [-0.39, 0.29) is 16.9 Å². The number of nitrogens with zero attached hydrogens (tertiary/aromatic N) is 1. The highest BCUT2D eigenvalue weighted by Crippen LogP contribution is 2.32. The van der Waals surface area contributed by atoms with Crippen LogP contribution in [0.5, 0.6) is 0 Å². The molecule has 2 rings (SSSR count). The van der Waals surface area contributed by atoms with Crippen LogP contribution in [0.2, 0.25) is 5.02 Å². The molecule has 1 saturated heterocycles. The maximum atomic E-state index is 14.2. The lowest BCUT2D eigenvalue weighted by Crippen LogP contribution is -2.45. The van der Waals surface area contributed by atoms with Crippen molar-refractivity contribution in [2.45, 2.75) is 30.4 Å². The predicted molar refractivity (Wildman–Crippen MR) is 81.3 cm³/mol. The average molecular weight is 303 g/mol. The zero-order chi connectivity index (χ0) is 14.0. The fourth-order valence-electron chi connectivity index (χ4n) is 2.72. The van der Waals surface area contributed by atoms with Crippen molar-refractivity contribution in [2.75, 3.05) is 19.6 Å². The van der Waals surface area contributed by atoms with Crippen LogP contribution in [0, 0.1) is 5.82 Å². The lowest BCUT2D eigenvalue weighted by Gasteiger charge is -2.39. The summed E-state index contributed by atoms with van der Waals surface area (Å²) in [5.74, 6) is -0.335. The van der Waals surface area contributed by atoms with Gasteiger partial charge in [-0.15, -0.1) is 0 Å². The van der Waals surface area contributed by atoms with Crippen molar-refractivity contribution < 1.29 is 4.39 Å². The molecule has 1 aliphatic heterocycles. The van der Waals surface area contributed by atoms with Gasteiger partial charge in [0.25, 0.3) is 0 Å². The molecular weight excluding hydrogens is 283 g/mol. The summed E-state index contributed by atoms with van der Waals surface area (Å²) >= 11 is 7.85. The molecule has 0 aliphatic carbocycles. The number of hydrogen-bond acceptors (Lipinski definition) is 3. The zero-order valence-electron chi connectivity index (χ0n) is 11.3. The van der Waals surface area contributed by atoms with Crippen LogP contribution in [0.1, 0.15) is 25.5 Å². The first-order valence-electron chi connectivity index (χ1n) is 6.56. The topological polar surface area (TPSA) is 29.3 Å². The van der Waals surface area contributed by atoms with Gasteiger partial charge in [-0.05, 0) is 6.07 Å². The second-order valence-electron chi connectivity index (χ2n) is 5.11. The Morgan fingerprint density at radius 2 is 2.05 bits per heavy atom. The highest BCUT2D eigenvalue weighted by molar-refractivity contribution is 8.00. The summed E-state index contributed by atoms with van der Waals surface area (Å²) in [4.78, 5) is 2.28. The molecule has 3 unspecified atom stereocenters. The molecule has 0 amide bonds. The Morgan fingerprint density at radius 3 is 2.63 bits per heavy atom. The normalized spacial score (nSPS) is 26.4. The largest absolute Gasteiger partial charge is 0.329 e. The highest BCUT2D eigenvalue weighted by Gasteiger charge is 2.29. The first-order valence-corrected chi connectivity index (χ1v) is 7.88. The van der Waals surface area contributed by atoms with E-state index in [4.69, 9.17) is 17.3 Å². The van der Waals surface area contributed by atoms with Gasteiger partial charge < -0.3 is 5.73 Å². The average Bonchev–Trinajstić information content (AvgIpc) is 2.34. The minimum absolute atomic E-state index is 0.0931. The fourth-order valence-corrected chi connectivity index (χ4v) is 4.25. The molecule has 0 saturated carbocycles. The highest BCUT2D eigenvalue weighted by atomic mass is 35.5. The molecule has 1 fully saturated rings. The summed E-state index contributed by atoms with van der Waals surface area (Å²) in [6.45, 7) is 6.68. The van der Waals surface area contributed by atoms with Gasteiger partial charge in [-0.3, -0.25) is 4.90 Å². The maximum Gasteiger partial charge on any atom is 0.146 e. The van der Waals surface area contributed by atoms with Crippen LogP contribution >= 0.6 is 23.4 Å². The summed E-state index contributed by atoms with van der Waals surface area (Å²) in [5.41, 5.74) is 6.50. The van der Waals surface area contributed by atoms with Gasteiger partial charge in [0.15, 0.2) is 0 Å². The quantitative estimate of drug-likeness (QED) is 0.929. The summed E-state index contributed by atoms with van der Waals surface area (Å²) < 4.78 is 14.2. The molecule has 2 N–H and O–H groups in total. The van der Waals surface area contributed by atoms with E-state index in [2.05, 4.69) is 18.7 Å². The molecule has 1 heterocycles. The molecule has 1 aliphatic rings. The van der Waals surface area contributed by atoms with E-state index >= 15 is 0 Å². The van der Waals surface area contributed by atoms with Crippen molar-refractivity contribution in [3.63, 3.8) is 0 Å². The number of halogens is 2. The van der Waals surface area contributed by atoms with Crippen LogP contribution in [-0.4, -0.2) is 35.0 Å².